The van der Waals surface area contributed by atoms with Crippen molar-refractivity contribution >= 4 is 28.9 Å². The summed E-state index contributed by atoms with van der Waals surface area (Å²) in [6, 6.07) is 8.11. The van der Waals surface area contributed by atoms with E-state index in [1.807, 2.05) is 59.0 Å². The molecule has 0 aliphatic carbocycles. The summed E-state index contributed by atoms with van der Waals surface area (Å²) in [5, 5.41) is 4.27. The highest BCUT2D eigenvalue weighted by Gasteiger charge is 2.11. The van der Waals surface area contributed by atoms with Crippen molar-refractivity contribution < 1.29 is 0 Å². The average molecular weight is 342 g/mol. The molecule has 0 bridgehead atoms. The summed E-state index contributed by atoms with van der Waals surface area (Å²) in [6.45, 7) is 11.7. The molecular formula is C20H31N5. The topological polar surface area (TPSA) is 53.4 Å². The molecule has 5 nitrogen and oxygen atoms in total. The Morgan fingerprint density at radius 1 is 1.20 bits per heavy atom. The van der Waals surface area contributed by atoms with Gasteiger partial charge < -0.3 is 10.2 Å². The van der Waals surface area contributed by atoms with E-state index in [2.05, 4.69) is 44.4 Å². The molecule has 2 aromatic rings. The summed E-state index contributed by atoms with van der Waals surface area (Å²) >= 11 is 0. The Balaban J connectivity index is 0.00000151. The summed E-state index contributed by atoms with van der Waals surface area (Å²) in [5.74, 6) is 1.62. The van der Waals surface area contributed by atoms with Crippen LogP contribution < -0.4 is 10.2 Å². The lowest BCUT2D eigenvalue weighted by Crippen LogP contribution is -2.21. The largest absolute Gasteiger partial charge is 0.359 e. The van der Waals surface area contributed by atoms with Crippen molar-refractivity contribution in [1.82, 2.24) is 9.97 Å². The quantitative estimate of drug-likeness (QED) is 0.727. The maximum absolute atomic E-state index is 4.69. The normalized spacial score (nSPS) is 11.4. The van der Waals surface area contributed by atoms with Gasteiger partial charge >= 0.3 is 0 Å². The standard InChI is InChI=1S/C18H25N5.C2H6/c1-5-14(19-6-2)12-13-23(4)17-15-10-8-9-11-16(15)21-18(22-17)20-7-3;1-2/h5-6,8-11H,7,12-13H2,1-4H3,(H,20,21,22);1-2H3/b14-5-,19-6?;. The number of aliphatic imine (C=N–C) groups is 1. The zero-order chi connectivity index (χ0) is 18.7. The molecule has 1 heterocycles. The predicted molar refractivity (Wildman–Crippen MR) is 111 cm³/mol. The monoisotopic (exact) mass is 341 g/mol. The lowest BCUT2D eigenvalue weighted by atomic mass is 10.2. The predicted octanol–water partition coefficient (Wildman–Crippen LogP) is 4.91. The molecule has 0 fully saturated rings. The molecule has 2 rings (SSSR count). The van der Waals surface area contributed by atoms with Crippen LogP contribution >= 0.6 is 0 Å². The molecule has 0 atom stereocenters. The van der Waals surface area contributed by atoms with Gasteiger partial charge in [0.25, 0.3) is 0 Å². The van der Waals surface area contributed by atoms with Crippen molar-refractivity contribution in [2.24, 2.45) is 4.99 Å². The zero-order valence-electron chi connectivity index (χ0n) is 16.4. The second-order valence-corrected chi connectivity index (χ2v) is 5.26. The molecule has 1 aromatic heterocycles. The minimum absolute atomic E-state index is 0.672. The van der Waals surface area contributed by atoms with Crippen molar-refractivity contribution in [3.05, 3.63) is 36.0 Å². The van der Waals surface area contributed by atoms with E-state index in [4.69, 9.17) is 0 Å². The van der Waals surface area contributed by atoms with Gasteiger partial charge in [-0.3, -0.25) is 4.99 Å². The molecule has 136 valence electrons. The van der Waals surface area contributed by atoms with Crippen molar-refractivity contribution in [3.8, 4) is 0 Å². The number of fused-ring (bicyclic) bond motifs is 1. The van der Waals surface area contributed by atoms with E-state index in [0.717, 1.165) is 41.9 Å². The molecule has 0 saturated carbocycles. The van der Waals surface area contributed by atoms with Crippen LogP contribution in [-0.2, 0) is 0 Å². The van der Waals surface area contributed by atoms with Crippen LogP contribution in [-0.4, -0.2) is 36.3 Å². The number of allylic oxidation sites excluding steroid dienone is 1. The second kappa shape index (κ2) is 11.2. The maximum Gasteiger partial charge on any atom is 0.225 e. The highest BCUT2D eigenvalue weighted by molar-refractivity contribution is 5.90. The molecule has 0 unspecified atom stereocenters. The third-order valence-corrected chi connectivity index (χ3v) is 3.61. The Morgan fingerprint density at radius 2 is 1.92 bits per heavy atom. The zero-order valence-corrected chi connectivity index (χ0v) is 16.4. The van der Waals surface area contributed by atoms with Crippen molar-refractivity contribution in [1.29, 1.82) is 0 Å². The summed E-state index contributed by atoms with van der Waals surface area (Å²) < 4.78 is 0. The molecule has 1 aromatic carbocycles. The van der Waals surface area contributed by atoms with E-state index >= 15 is 0 Å². The Morgan fingerprint density at radius 3 is 2.56 bits per heavy atom. The van der Waals surface area contributed by atoms with Gasteiger partial charge in [0, 0.05) is 43.9 Å². The number of aromatic nitrogens is 2. The minimum atomic E-state index is 0.672. The first kappa shape index (κ1) is 20.6. The van der Waals surface area contributed by atoms with E-state index in [9.17, 15) is 0 Å². The first-order valence-electron chi connectivity index (χ1n) is 9.05. The number of hydrogen-bond donors (Lipinski definition) is 1. The third kappa shape index (κ3) is 5.85. The van der Waals surface area contributed by atoms with Gasteiger partial charge in [0.15, 0.2) is 0 Å². The van der Waals surface area contributed by atoms with Crippen molar-refractivity contribution in [2.45, 2.75) is 41.0 Å². The van der Waals surface area contributed by atoms with Crippen LogP contribution in [0.15, 0.2) is 41.0 Å². The highest BCUT2D eigenvalue weighted by Crippen LogP contribution is 2.25. The van der Waals surface area contributed by atoms with Crippen LogP contribution in [0, 0.1) is 0 Å². The summed E-state index contributed by atoms with van der Waals surface area (Å²) in [6.07, 6.45) is 4.76. The maximum atomic E-state index is 4.69. The molecule has 25 heavy (non-hydrogen) atoms. The molecule has 0 aliphatic rings. The molecule has 0 spiro atoms. The summed E-state index contributed by atoms with van der Waals surface area (Å²) in [4.78, 5) is 15.8. The smallest absolute Gasteiger partial charge is 0.225 e. The molecule has 0 saturated heterocycles. The first-order valence-corrected chi connectivity index (χ1v) is 9.05. The average Bonchev–Trinajstić information content (AvgIpc) is 2.66. The molecule has 0 radical (unpaired) electrons. The minimum Gasteiger partial charge on any atom is -0.359 e. The molecule has 0 amide bonds. The first-order chi connectivity index (χ1) is 12.2. The fourth-order valence-corrected chi connectivity index (χ4v) is 2.43. The Hall–Kier alpha value is -2.43. The number of nitrogens with one attached hydrogen (secondary N) is 1. The Labute approximate surface area is 151 Å². The summed E-state index contributed by atoms with van der Waals surface area (Å²) in [5.41, 5.74) is 2.04. The lowest BCUT2D eigenvalue weighted by Gasteiger charge is -2.20. The van der Waals surface area contributed by atoms with Gasteiger partial charge in [-0.2, -0.15) is 4.98 Å². The number of nitrogens with zero attached hydrogens (tertiary/aromatic N) is 4. The van der Waals surface area contributed by atoms with Crippen molar-refractivity contribution in [3.63, 3.8) is 0 Å². The van der Waals surface area contributed by atoms with E-state index in [-0.39, 0.29) is 0 Å². The molecule has 5 heteroatoms. The van der Waals surface area contributed by atoms with Crippen LogP contribution in [0.3, 0.4) is 0 Å². The van der Waals surface area contributed by atoms with E-state index in [0.29, 0.717) is 5.95 Å². The fraction of sp³-hybridized carbons (Fsp3) is 0.450. The van der Waals surface area contributed by atoms with E-state index < -0.39 is 0 Å². The van der Waals surface area contributed by atoms with Gasteiger partial charge in [-0.25, -0.2) is 4.98 Å². The molecule has 0 aliphatic heterocycles. The molecule has 1 N–H and O–H groups in total. The second-order valence-electron chi connectivity index (χ2n) is 5.26. The Kier molecular flexibility index (Phi) is 9.22. The highest BCUT2D eigenvalue weighted by atomic mass is 15.2. The van der Waals surface area contributed by atoms with Crippen LogP contribution in [0.2, 0.25) is 0 Å². The number of para-hydroxylation sites is 1. The molecular weight excluding hydrogens is 310 g/mol. The van der Waals surface area contributed by atoms with Crippen LogP contribution in [0.5, 0.6) is 0 Å². The van der Waals surface area contributed by atoms with Gasteiger partial charge in [0.1, 0.15) is 5.82 Å². The van der Waals surface area contributed by atoms with E-state index in [1.54, 1.807) is 0 Å². The number of hydrogen-bond acceptors (Lipinski definition) is 5. The Bertz CT molecular complexity index is 706. The fourth-order valence-electron chi connectivity index (χ4n) is 2.43. The summed E-state index contributed by atoms with van der Waals surface area (Å²) in [7, 11) is 2.06. The lowest BCUT2D eigenvalue weighted by molar-refractivity contribution is 0.846. The third-order valence-electron chi connectivity index (χ3n) is 3.61. The van der Waals surface area contributed by atoms with Crippen molar-refractivity contribution in [2.75, 3.05) is 30.4 Å². The van der Waals surface area contributed by atoms with Gasteiger partial charge in [0.2, 0.25) is 5.95 Å². The van der Waals surface area contributed by atoms with Crippen LogP contribution in [0.25, 0.3) is 10.9 Å². The van der Waals surface area contributed by atoms with Crippen LogP contribution in [0.1, 0.15) is 41.0 Å². The van der Waals surface area contributed by atoms with Gasteiger partial charge in [0.05, 0.1) is 5.52 Å². The van der Waals surface area contributed by atoms with Gasteiger partial charge in [-0.1, -0.05) is 32.1 Å². The van der Waals surface area contributed by atoms with Gasteiger partial charge in [-0.05, 0) is 32.9 Å². The van der Waals surface area contributed by atoms with Gasteiger partial charge in [-0.15, -0.1) is 0 Å². The van der Waals surface area contributed by atoms with E-state index in [1.165, 1.54) is 0 Å². The SMILES string of the molecule is CC.CC=N/C(=C\C)CCN(C)c1nc(NCC)nc2ccccc12. The van der Waals surface area contributed by atoms with Crippen LogP contribution in [0.4, 0.5) is 11.8 Å². The number of anilines is 2. The number of benzene rings is 1. The number of rotatable bonds is 7.